The Labute approximate surface area is 108 Å². The topological polar surface area (TPSA) is 21.3 Å². The summed E-state index contributed by atoms with van der Waals surface area (Å²) in [4.78, 5) is 0. The molecule has 1 unspecified atom stereocenters. The molecule has 0 saturated heterocycles. The second kappa shape index (κ2) is 4.46. The van der Waals surface area contributed by atoms with Crippen molar-refractivity contribution in [3.63, 3.8) is 0 Å². The molecule has 2 nitrogen and oxygen atoms in total. The van der Waals surface area contributed by atoms with Gasteiger partial charge < -0.3 is 10.1 Å². The van der Waals surface area contributed by atoms with Crippen molar-refractivity contribution in [2.45, 2.75) is 19.5 Å². The number of methoxy groups -OCH3 is 1. The molecule has 1 atom stereocenters. The zero-order valence-corrected chi connectivity index (χ0v) is 10.7. The van der Waals surface area contributed by atoms with Crippen LogP contribution < -0.4 is 10.1 Å². The van der Waals surface area contributed by atoms with Crippen molar-refractivity contribution in [1.29, 1.82) is 0 Å². The molecular formula is C16H17NO. The van der Waals surface area contributed by atoms with E-state index in [1.54, 1.807) is 7.11 Å². The average molecular weight is 239 g/mol. The molecule has 0 saturated carbocycles. The van der Waals surface area contributed by atoms with E-state index >= 15 is 0 Å². The summed E-state index contributed by atoms with van der Waals surface area (Å²) in [5, 5.41) is 3.56. The Morgan fingerprint density at radius 3 is 2.83 bits per heavy atom. The molecule has 1 aliphatic heterocycles. The number of hydrogen-bond donors (Lipinski definition) is 1. The maximum atomic E-state index is 5.32. The lowest BCUT2D eigenvalue weighted by molar-refractivity contribution is 0.414. The standard InChI is InChI=1S/C16H17NO/c1-11-4-3-5-12(8-11)16-15-9-14(18-2)7-6-13(15)10-17-16/h3-9,16-17H,10H2,1-2H3. The molecule has 2 aromatic carbocycles. The zero-order valence-electron chi connectivity index (χ0n) is 10.7. The summed E-state index contributed by atoms with van der Waals surface area (Å²) in [5.74, 6) is 0.926. The summed E-state index contributed by atoms with van der Waals surface area (Å²) >= 11 is 0. The molecule has 0 spiro atoms. The molecule has 1 N–H and O–H groups in total. The molecule has 0 fully saturated rings. The summed E-state index contributed by atoms with van der Waals surface area (Å²) in [7, 11) is 1.71. The van der Waals surface area contributed by atoms with E-state index in [4.69, 9.17) is 4.74 Å². The molecule has 2 aromatic rings. The van der Waals surface area contributed by atoms with Gasteiger partial charge in [-0.05, 0) is 35.7 Å². The third-order valence-electron chi connectivity index (χ3n) is 3.54. The summed E-state index contributed by atoms with van der Waals surface area (Å²) in [6.45, 7) is 3.06. The maximum Gasteiger partial charge on any atom is 0.119 e. The van der Waals surface area contributed by atoms with Crippen LogP contribution >= 0.6 is 0 Å². The SMILES string of the molecule is COc1ccc2c(c1)C(c1cccc(C)c1)NC2. The molecule has 0 amide bonds. The Hall–Kier alpha value is -1.80. The van der Waals surface area contributed by atoms with Crippen LogP contribution in [-0.2, 0) is 6.54 Å². The minimum Gasteiger partial charge on any atom is -0.497 e. The predicted molar refractivity (Wildman–Crippen MR) is 72.9 cm³/mol. The summed E-state index contributed by atoms with van der Waals surface area (Å²) in [5.41, 5.74) is 5.31. The Morgan fingerprint density at radius 2 is 2.06 bits per heavy atom. The van der Waals surface area contributed by atoms with Gasteiger partial charge in [-0.25, -0.2) is 0 Å². The normalized spacial score (nSPS) is 17.6. The highest BCUT2D eigenvalue weighted by Crippen LogP contribution is 2.33. The van der Waals surface area contributed by atoms with Gasteiger partial charge in [0.05, 0.1) is 13.2 Å². The van der Waals surface area contributed by atoms with Gasteiger partial charge in [-0.1, -0.05) is 35.9 Å². The molecule has 1 aliphatic rings. The van der Waals surface area contributed by atoms with Crippen molar-refractivity contribution >= 4 is 0 Å². The molecule has 92 valence electrons. The molecule has 1 heterocycles. The summed E-state index contributed by atoms with van der Waals surface area (Å²) in [6.07, 6.45) is 0. The zero-order chi connectivity index (χ0) is 12.5. The molecule has 0 aromatic heterocycles. The van der Waals surface area contributed by atoms with Crippen LogP contribution in [0.5, 0.6) is 5.75 Å². The van der Waals surface area contributed by atoms with E-state index < -0.39 is 0 Å². The fourth-order valence-electron chi connectivity index (χ4n) is 2.60. The molecule has 3 rings (SSSR count). The van der Waals surface area contributed by atoms with Crippen LogP contribution in [0.1, 0.15) is 28.3 Å². The number of ether oxygens (including phenoxy) is 1. The van der Waals surface area contributed by atoms with E-state index in [-0.39, 0.29) is 6.04 Å². The van der Waals surface area contributed by atoms with Crippen LogP contribution in [0.4, 0.5) is 0 Å². The van der Waals surface area contributed by atoms with E-state index in [9.17, 15) is 0 Å². The smallest absolute Gasteiger partial charge is 0.119 e. The van der Waals surface area contributed by atoms with Gasteiger partial charge in [0.2, 0.25) is 0 Å². The highest BCUT2D eigenvalue weighted by atomic mass is 16.5. The van der Waals surface area contributed by atoms with Gasteiger partial charge in [-0.3, -0.25) is 0 Å². The monoisotopic (exact) mass is 239 g/mol. The van der Waals surface area contributed by atoms with Crippen molar-refractivity contribution in [3.8, 4) is 5.75 Å². The first-order chi connectivity index (χ1) is 8.78. The first-order valence-electron chi connectivity index (χ1n) is 6.24. The van der Waals surface area contributed by atoms with Crippen LogP contribution in [0.15, 0.2) is 42.5 Å². The lowest BCUT2D eigenvalue weighted by Gasteiger charge is -2.14. The number of fused-ring (bicyclic) bond motifs is 1. The summed E-state index contributed by atoms with van der Waals surface area (Å²) in [6, 6.07) is 15.3. The van der Waals surface area contributed by atoms with Gasteiger partial charge in [0.15, 0.2) is 0 Å². The number of hydrogen-bond acceptors (Lipinski definition) is 2. The number of benzene rings is 2. The van der Waals surface area contributed by atoms with Crippen molar-refractivity contribution in [2.24, 2.45) is 0 Å². The van der Waals surface area contributed by atoms with Crippen molar-refractivity contribution in [2.75, 3.05) is 7.11 Å². The lowest BCUT2D eigenvalue weighted by atomic mass is 9.97. The third kappa shape index (κ3) is 1.89. The van der Waals surface area contributed by atoms with E-state index in [1.807, 2.05) is 6.07 Å². The van der Waals surface area contributed by atoms with E-state index in [0.717, 1.165) is 12.3 Å². The van der Waals surface area contributed by atoms with E-state index in [1.165, 1.54) is 22.3 Å². The van der Waals surface area contributed by atoms with E-state index in [2.05, 4.69) is 48.6 Å². The minimum absolute atomic E-state index is 0.287. The molecule has 0 radical (unpaired) electrons. The quantitative estimate of drug-likeness (QED) is 0.869. The largest absolute Gasteiger partial charge is 0.497 e. The Balaban J connectivity index is 2.03. The first-order valence-corrected chi connectivity index (χ1v) is 6.24. The highest BCUT2D eigenvalue weighted by Gasteiger charge is 2.23. The minimum atomic E-state index is 0.287. The molecule has 0 aliphatic carbocycles. The van der Waals surface area contributed by atoms with E-state index in [0.29, 0.717) is 0 Å². The second-order valence-electron chi connectivity index (χ2n) is 4.79. The first kappa shape index (κ1) is 11.3. The van der Waals surface area contributed by atoms with Gasteiger partial charge >= 0.3 is 0 Å². The Bertz CT molecular complexity index is 577. The number of rotatable bonds is 2. The average Bonchev–Trinajstić information content (AvgIpc) is 2.81. The van der Waals surface area contributed by atoms with Crippen LogP contribution in [0.25, 0.3) is 0 Å². The fourth-order valence-corrected chi connectivity index (χ4v) is 2.60. The van der Waals surface area contributed by atoms with Gasteiger partial charge in [-0.2, -0.15) is 0 Å². The lowest BCUT2D eigenvalue weighted by Crippen LogP contribution is -2.13. The molecule has 2 heteroatoms. The number of aryl methyl sites for hydroxylation is 1. The fraction of sp³-hybridized carbons (Fsp3) is 0.250. The van der Waals surface area contributed by atoms with Gasteiger partial charge in [-0.15, -0.1) is 0 Å². The maximum absolute atomic E-state index is 5.32. The van der Waals surface area contributed by atoms with Crippen molar-refractivity contribution in [1.82, 2.24) is 5.32 Å². The van der Waals surface area contributed by atoms with Crippen LogP contribution in [0.2, 0.25) is 0 Å². The van der Waals surface area contributed by atoms with Crippen LogP contribution in [-0.4, -0.2) is 7.11 Å². The van der Waals surface area contributed by atoms with Gasteiger partial charge in [0.1, 0.15) is 5.75 Å². The number of nitrogens with one attached hydrogen (secondary N) is 1. The third-order valence-corrected chi connectivity index (χ3v) is 3.54. The second-order valence-corrected chi connectivity index (χ2v) is 4.79. The van der Waals surface area contributed by atoms with Crippen molar-refractivity contribution in [3.05, 3.63) is 64.7 Å². The highest BCUT2D eigenvalue weighted by molar-refractivity contribution is 5.45. The van der Waals surface area contributed by atoms with Crippen LogP contribution in [0, 0.1) is 6.92 Å². The Kier molecular flexibility index (Phi) is 2.80. The van der Waals surface area contributed by atoms with Gasteiger partial charge in [0.25, 0.3) is 0 Å². The van der Waals surface area contributed by atoms with Gasteiger partial charge in [0, 0.05) is 6.54 Å². The summed E-state index contributed by atoms with van der Waals surface area (Å²) < 4.78 is 5.32. The molecule has 0 bridgehead atoms. The van der Waals surface area contributed by atoms with Crippen molar-refractivity contribution < 1.29 is 4.74 Å². The predicted octanol–water partition coefficient (Wildman–Crippen LogP) is 3.20. The molecule has 18 heavy (non-hydrogen) atoms. The van der Waals surface area contributed by atoms with Crippen LogP contribution in [0.3, 0.4) is 0 Å². The molecular weight excluding hydrogens is 222 g/mol. The Morgan fingerprint density at radius 1 is 1.17 bits per heavy atom.